The van der Waals surface area contributed by atoms with E-state index in [4.69, 9.17) is 0 Å². The van der Waals surface area contributed by atoms with Crippen LogP contribution in [0.5, 0.6) is 0 Å². The van der Waals surface area contributed by atoms with Crippen LogP contribution in [0.15, 0.2) is 54.6 Å². The summed E-state index contributed by atoms with van der Waals surface area (Å²) in [6, 6.07) is 16.6. The zero-order valence-corrected chi connectivity index (χ0v) is 14.7. The summed E-state index contributed by atoms with van der Waals surface area (Å²) in [6.45, 7) is 0.734. The third kappa shape index (κ3) is 3.34. The SMILES string of the molecule is O=C(Nc1nc(-c2ccccc2)ns1)c1ccc(N2CCCC2=O)cc1. The number of aromatic nitrogens is 2. The first kappa shape index (κ1) is 16.4. The van der Waals surface area contributed by atoms with Crippen LogP contribution in [-0.2, 0) is 4.79 Å². The van der Waals surface area contributed by atoms with E-state index in [1.807, 2.05) is 30.3 Å². The number of hydrogen-bond donors (Lipinski definition) is 1. The van der Waals surface area contributed by atoms with Gasteiger partial charge in [0.1, 0.15) is 0 Å². The molecule has 1 aromatic heterocycles. The first-order valence-electron chi connectivity index (χ1n) is 8.31. The molecule has 0 saturated carbocycles. The third-order valence-corrected chi connectivity index (χ3v) is 4.82. The van der Waals surface area contributed by atoms with E-state index in [0.29, 0.717) is 22.9 Å². The lowest BCUT2D eigenvalue weighted by molar-refractivity contribution is -0.117. The number of nitrogens with one attached hydrogen (secondary N) is 1. The molecule has 1 aliphatic heterocycles. The molecule has 3 aromatic rings. The van der Waals surface area contributed by atoms with Gasteiger partial charge in [0.2, 0.25) is 11.0 Å². The first-order chi connectivity index (χ1) is 12.7. The second-order valence-electron chi connectivity index (χ2n) is 5.94. The highest BCUT2D eigenvalue weighted by Gasteiger charge is 2.21. The van der Waals surface area contributed by atoms with Crippen molar-refractivity contribution >= 4 is 34.2 Å². The molecule has 4 rings (SSSR count). The average Bonchev–Trinajstić information content (AvgIpc) is 3.32. The summed E-state index contributed by atoms with van der Waals surface area (Å²) in [6.07, 6.45) is 1.46. The summed E-state index contributed by atoms with van der Waals surface area (Å²) in [5, 5.41) is 3.22. The quantitative estimate of drug-likeness (QED) is 0.768. The van der Waals surface area contributed by atoms with Crippen LogP contribution in [0.3, 0.4) is 0 Å². The number of rotatable bonds is 4. The summed E-state index contributed by atoms with van der Waals surface area (Å²) in [5.41, 5.74) is 2.24. The first-order valence-corrected chi connectivity index (χ1v) is 9.09. The maximum atomic E-state index is 12.4. The van der Waals surface area contributed by atoms with E-state index in [-0.39, 0.29) is 11.8 Å². The van der Waals surface area contributed by atoms with Gasteiger partial charge in [-0.1, -0.05) is 30.3 Å². The molecular weight excluding hydrogens is 348 g/mol. The number of amides is 2. The van der Waals surface area contributed by atoms with Gasteiger partial charge in [-0.05, 0) is 30.7 Å². The van der Waals surface area contributed by atoms with Crippen molar-refractivity contribution in [3.63, 3.8) is 0 Å². The van der Waals surface area contributed by atoms with Crippen LogP contribution in [0.2, 0.25) is 0 Å². The fourth-order valence-electron chi connectivity index (χ4n) is 2.86. The lowest BCUT2D eigenvalue weighted by atomic mass is 10.2. The van der Waals surface area contributed by atoms with E-state index < -0.39 is 0 Å². The van der Waals surface area contributed by atoms with Crippen molar-refractivity contribution in [1.29, 1.82) is 0 Å². The van der Waals surface area contributed by atoms with E-state index >= 15 is 0 Å². The largest absolute Gasteiger partial charge is 0.312 e. The van der Waals surface area contributed by atoms with Crippen LogP contribution in [0.4, 0.5) is 10.8 Å². The molecule has 2 amide bonds. The minimum absolute atomic E-state index is 0.129. The molecule has 1 N–H and O–H groups in total. The van der Waals surface area contributed by atoms with Gasteiger partial charge in [-0.3, -0.25) is 14.9 Å². The highest BCUT2D eigenvalue weighted by Crippen LogP contribution is 2.23. The van der Waals surface area contributed by atoms with E-state index in [2.05, 4.69) is 14.7 Å². The molecule has 0 radical (unpaired) electrons. The highest BCUT2D eigenvalue weighted by molar-refractivity contribution is 7.10. The zero-order valence-electron chi connectivity index (χ0n) is 13.9. The normalized spacial score (nSPS) is 13.8. The summed E-state index contributed by atoms with van der Waals surface area (Å²) < 4.78 is 4.28. The molecule has 6 nitrogen and oxygen atoms in total. The molecule has 1 saturated heterocycles. The smallest absolute Gasteiger partial charge is 0.257 e. The minimum atomic E-state index is -0.250. The van der Waals surface area contributed by atoms with Crippen molar-refractivity contribution < 1.29 is 9.59 Å². The molecule has 2 heterocycles. The third-order valence-electron chi connectivity index (χ3n) is 4.19. The van der Waals surface area contributed by atoms with E-state index in [1.54, 1.807) is 29.2 Å². The Bertz CT molecular complexity index is 938. The Morgan fingerprint density at radius 3 is 2.54 bits per heavy atom. The molecule has 0 aliphatic carbocycles. The minimum Gasteiger partial charge on any atom is -0.312 e. The monoisotopic (exact) mass is 364 g/mol. The lowest BCUT2D eigenvalue weighted by Gasteiger charge is -2.15. The number of benzene rings is 2. The number of hydrogen-bond acceptors (Lipinski definition) is 5. The second-order valence-corrected chi connectivity index (χ2v) is 6.69. The summed E-state index contributed by atoms with van der Waals surface area (Å²) in [7, 11) is 0. The Morgan fingerprint density at radius 2 is 1.85 bits per heavy atom. The summed E-state index contributed by atoms with van der Waals surface area (Å²) in [5.74, 6) is 0.471. The maximum Gasteiger partial charge on any atom is 0.257 e. The van der Waals surface area contributed by atoms with E-state index in [1.165, 1.54) is 0 Å². The van der Waals surface area contributed by atoms with Crippen LogP contribution < -0.4 is 10.2 Å². The molecule has 130 valence electrons. The Morgan fingerprint density at radius 1 is 1.08 bits per heavy atom. The number of carbonyl (C=O) groups excluding carboxylic acids is 2. The van der Waals surface area contributed by atoms with Crippen molar-refractivity contribution in [1.82, 2.24) is 9.36 Å². The van der Waals surface area contributed by atoms with Gasteiger partial charge in [-0.2, -0.15) is 9.36 Å². The average molecular weight is 364 g/mol. The van der Waals surface area contributed by atoms with Crippen molar-refractivity contribution in [3.05, 3.63) is 60.2 Å². The molecule has 0 spiro atoms. The molecule has 2 aromatic carbocycles. The Kier molecular flexibility index (Phi) is 4.45. The molecule has 1 aliphatic rings. The number of nitrogens with zero attached hydrogens (tertiary/aromatic N) is 3. The van der Waals surface area contributed by atoms with Gasteiger partial charge < -0.3 is 4.90 Å². The van der Waals surface area contributed by atoms with Crippen molar-refractivity contribution in [2.45, 2.75) is 12.8 Å². The summed E-state index contributed by atoms with van der Waals surface area (Å²) in [4.78, 5) is 30.3. The van der Waals surface area contributed by atoms with Crippen LogP contribution in [0.1, 0.15) is 23.2 Å². The van der Waals surface area contributed by atoms with Gasteiger partial charge in [0, 0.05) is 41.3 Å². The Balaban J connectivity index is 1.45. The molecule has 7 heteroatoms. The molecule has 1 fully saturated rings. The number of carbonyl (C=O) groups is 2. The van der Waals surface area contributed by atoms with Gasteiger partial charge in [0.15, 0.2) is 5.82 Å². The van der Waals surface area contributed by atoms with Gasteiger partial charge in [0.25, 0.3) is 5.91 Å². The fourth-order valence-corrected chi connectivity index (χ4v) is 3.45. The van der Waals surface area contributed by atoms with Crippen LogP contribution in [-0.4, -0.2) is 27.7 Å². The predicted octanol–water partition coefficient (Wildman–Crippen LogP) is 3.58. The van der Waals surface area contributed by atoms with Crippen molar-refractivity contribution in [2.75, 3.05) is 16.8 Å². The zero-order chi connectivity index (χ0) is 17.9. The standard InChI is InChI=1S/C19H16N4O2S/c24-16-7-4-12-23(16)15-10-8-14(9-11-15)18(25)21-19-20-17(22-26-19)13-5-2-1-3-6-13/h1-3,5-6,8-11H,4,7,12H2,(H,20,21,22,25). The Hall–Kier alpha value is -3.06. The van der Waals surface area contributed by atoms with Crippen LogP contribution in [0.25, 0.3) is 11.4 Å². The Labute approximate surface area is 154 Å². The predicted molar refractivity (Wildman–Crippen MR) is 101 cm³/mol. The maximum absolute atomic E-state index is 12.4. The van der Waals surface area contributed by atoms with Crippen LogP contribution in [0, 0.1) is 0 Å². The fraction of sp³-hybridized carbons (Fsp3) is 0.158. The van der Waals surface area contributed by atoms with Crippen molar-refractivity contribution in [2.24, 2.45) is 0 Å². The second kappa shape index (κ2) is 7.05. The topological polar surface area (TPSA) is 75.2 Å². The molecule has 0 unspecified atom stereocenters. The lowest BCUT2D eigenvalue weighted by Crippen LogP contribution is -2.23. The van der Waals surface area contributed by atoms with Crippen molar-refractivity contribution in [3.8, 4) is 11.4 Å². The molecule has 0 atom stereocenters. The van der Waals surface area contributed by atoms with Crippen LogP contribution >= 0.6 is 11.5 Å². The van der Waals surface area contributed by atoms with E-state index in [9.17, 15) is 9.59 Å². The van der Waals surface area contributed by atoms with Gasteiger partial charge in [0.05, 0.1) is 0 Å². The molecule has 0 bridgehead atoms. The molecular formula is C19H16N4O2S. The highest BCUT2D eigenvalue weighted by atomic mass is 32.1. The van der Waals surface area contributed by atoms with E-state index in [0.717, 1.165) is 35.7 Å². The summed E-state index contributed by atoms with van der Waals surface area (Å²) >= 11 is 1.15. The van der Waals surface area contributed by atoms with Gasteiger partial charge in [-0.15, -0.1) is 0 Å². The van der Waals surface area contributed by atoms with Gasteiger partial charge >= 0.3 is 0 Å². The number of anilines is 2. The van der Waals surface area contributed by atoms with Gasteiger partial charge in [-0.25, -0.2) is 0 Å². The molecule has 26 heavy (non-hydrogen) atoms.